The van der Waals surface area contributed by atoms with Gasteiger partial charge in [0.15, 0.2) is 0 Å². The number of likely N-dealkylation sites (N-methyl/N-ethyl adjacent to an activating group) is 1. The topological polar surface area (TPSA) is 63.4 Å². The first kappa shape index (κ1) is 12.3. The van der Waals surface area contributed by atoms with Crippen molar-refractivity contribution in [3.8, 4) is 0 Å². The minimum absolute atomic E-state index is 0.0763. The first-order valence-electron chi connectivity index (χ1n) is 6.04. The third-order valence-electron chi connectivity index (χ3n) is 3.06. The summed E-state index contributed by atoms with van der Waals surface area (Å²) in [5, 5.41) is 11.1. The summed E-state index contributed by atoms with van der Waals surface area (Å²) >= 11 is 0. The molecule has 17 heavy (non-hydrogen) atoms. The molecule has 0 aromatic carbocycles. The van der Waals surface area contributed by atoms with Gasteiger partial charge in [0.25, 0.3) is 0 Å². The van der Waals surface area contributed by atoms with Crippen LogP contribution in [0.1, 0.15) is 31.7 Å². The van der Waals surface area contributed by atoms with Crippen LogP contribution in [0.2, 0.25) is 0 Å². The molecular weight excluding hydrogens is 220 g/mol. The quantitative estimate of drug-likeness (QED) is 0.827. The van der Waals surface area contributed by atoms with Crippen LogP contribution in [0.3, 0.4) is 0 Å². The van der Waals surface area contributed by atoms with Crippen molar-refractivity contribution < 1.29 is 9.15 Å². The van der Waals surface area contributed by atoms with Crippen LogP contribution >= 0.6 is 0 Å². The maximum atomic E-state index is 5.59. The van der Waals surface area contributed by atoms with Crippen molar-refractivity contribution in [3.05, 3.63) is 5.89 Å². The van der Waals surface area contributed by atoms with Crippen LogP contribution in [0.5, 0.6) is 0 Å². The van der Waals surface area contributed by atoms with Crippen LogP contribution in [0.4, 0.5) is 6.01 Å². The van der Waals surface area contributed by atoms with Crippen molar-refractivity contribution in [2.75, 3.05) is 32.1 Å². The van der Waals surface area contributed by atoms with Crippen molar-refractivity contribution >= 4 is 6.01 Å². The van der Waals surface area contributed by atoms with Crippen LogP contribution in [-0.2, 0) is 4.74 Å². The summed E-state index contributed by atoms with van der Waals surface area (Å²) < 4.78 is 11.2. The van der Waals surface area contributed by atoms with E-state index in [9.17, 15) is 0 Å². The van der Waals surface area contributed by atoms with Crippen molar-refractivity contribution in [3.63, 3.8) is 0 Å². The average molecular weight is 240 g/mol. The second-order valence-corrected chi connectivity index (χ2v) is 4.45. The monoisotopic (exact) mass is 240 g/mol. The smallest absolute Gasteiger partial charge is 0.318 e. The highest BCUT2D eigenvalue weighted by atomic mass is 16.5. The molecule has 1 aliphatic heterocycles. The fourth-order valence-corrected chi connectivity index (χ4v) is 1.85. The van der Waals surface area contributed by atoms with Crippen LogP contribution in [0, 0.1) is 0 Å². The molecule has 1 fully saturated rings. The van der Waals surface area contributed by atoms with Gasteiger partial charge in [-0.05, 0) is 26.8 Å². The van der Waals surface area contributed by atoms with Crippen molar-refractivity contribution in [1.29, 1.82) is 0 Å². The molecule has 1 aliphatic rings. The molecule has 96 valence electrons. The van der Waals surface area contributed by atoms with Crippen molar-refractivity contribution in [2.24, 2.45) is 0 Å². The van der Waals surface area contributed by atoms with Gasteiger partial charge in [0, 0.05) is 20.2 Å². The van der Waals surface area contributed by atoms with E-state index in [1.807, 2.05) is 25.9 Å². The molecule has 0 spiro atoms. The maximum Gasteiger partial charge on any atom is 0.318 e. The zero-order chi connectivity index (χ0) is 12.3. The van der Waals surface area contributed by atoms with Gasteiger partial charge in [-0.15, -0.1) is 5.10 Å². The Morgan fingerprint density at radius 1 is 1.53 bits per heavy atom. The summed E-state index contributed by atoms with van der Waals surface area (Å²) in [7, 11) is 3.81. The number of nitrogens with zero attached hydrogens (tertiary/aromatic N) is 3. The van der Waals surface area contributed by atoms with E-state index in [0.29, 0.717) is 11.9 Å². The van der Waals surface area contributed by atoms with Crippen molar-refractivity contribution in [1.82, 2.24) is 15.5 Å². The molecule has 1 N–H and O–H groups in total. The van der Waals surface area contributed by atoms with E-state index >= 15 is 0 Å². The van der Waals surface area contributed by atoms with Gasteiger partial charge in [-0.3, -0.25) is 0 Å². The number of ether oxygens (including phenoxy) is 1. The van der Waals surface area contributed by atoms with Gasteiger partial charge >= 0.3 is 6.01 Å². The molecule has 1 saturated heterocycles. The Hall–Kier alpha value is -1.14. The summed E-state index contributed by atoms with van der Waals surface area (Å²) in [5.74, 6) is 0.613. The second-order valence-electron chi connectivity index (χ2n) is 4.45. The van der Waals surface area contributed by atoms with E-state index in [0.717, 1.165) is 26.0 Å². The molecule has 0 radical (unpaired) electrons. The Kier molecular flexibility index (Phi) is 3.96. The van der Waals surface area contributed by atoms with E-state index in [-0.39, 0.29) is 12.1 Å². The molecule has 6 heteroatoms. The number of hydrogen-bond donors (Lipinski definition) is 1. The highest BCUT2D eigenvalue weighted by Crippen LogP contribution is 2.19. The molecule has 0 bridgehead atoms. The largest absolute Gasteiger partial charge is 0.406 e. The summed E-state index contributed by atoms with van der Waals surface area (Å²) in [6.45, 7) is 3.65. The van der Waals surface area contributed by atoms with Gasteiger partial charge < -0.3 is 19.4 Å². The number of nitrogens with one attached hydrogen (secondary N) is 1. The lowest BCUT2D eigenvalue weighted by atomic mass is 10.2. The zero-order valence-corrected chi connectivity index (χ0v) is 10.6. The Morgan fingerprint density at radius 2 is 2.35 bits per heavy atom. The number of hydrogen-bond acceptors (Lipinski definition) is 6. The summed E-state index contributed by atoms with van der Waals surface area (Å²) in [4.78, 5) is 1.95. The lowest BCUT2D eigenvalue weighted by molar-refractivity contribution is 0.115. The van der Waals surface area contributed by atoms with Gasteiger partial charge in [0.05, 0.1) is 12.1 Å². The van der Waals surface area contributed by atoms with Crippen LogP contribution in [0.15, 0.2) is 4.42 Å². The highest BCUT2D eigenvalue weighted by Gasteiger charge is 2.21. The van der Waals surface area contributed by atoms with E-state index in [1.165, 1.54) is 0 Å². The predicted octanol–water partition coefficient (Wildman–Crippen LogP) is 0.965. The van der Waals surface area contributed by atoms with E-state index in [4.69, 9.17) is 9.15 Å². The first-order chi connectivity index (χ1) is 8.20. The molecule has 1 aromatic rings. The lowest BCUT2D eigenvalue weighted by Crippen LogP contribution is -2.28. The second kappa shape index (κ2) is 5.46. The summed E-state index contributed by atoms with van der Waals surface area (Å²) in [6, 6.07) is 0.630. The van der Waals surface area contributed by atoms with Crippen molar-refractivity contribution in [2.45, 2.75) is 31.9 Å². The number of aromatic nitrogens is 2. The van der Waals surface area contributed by atoms with E-state index < -0.39 is 0 Å². The maximum absolute atomic E-state index is 5.59. The molecule has 0 amide bonds. The Labute approximate surface area is 101 Å². The Morgan fingerprint density at radius 3 is 3.00 bits per heavy atom. The van der Waals surface area contributed by atoms with Gasteiger partial charge in [-0.1, -0.05) is 5.10 Å². The third-order valence-corrected chi connectivity index (χ3v) is 3.06. The summed E-state index contributed by atoms with van der Waals surface area (Å²) in [5.41, 5.74) is 0. The lowest BCUT2D eigenvalue weighted by Gasteiger charge is -2.18. The molecule has 2 heterocycles. The van der Waals surface area contributed by atoms with Gasteiger partial charge in [0.1, 0.15) is 0 Å². The third kappa shape index (κ3) is 2.95. The summed E-state index contributed by atoms with van der Waals surface area (Å²) in [6.07, 6.45) is 2.54. The molecule has 1 aromatic heterocycles. The molecule has 0 aliphatic carbocycles. The SMILES string of the molecule is CNC(C)c1nnc(N(C)CC2CCCO2)o1. The predicted molar refractivity (Wildman–Crippen MR) is 64.0 cm³/mol. The first-order valence-corrected chi connectivity index (χ1v) is 6.04. The minimum atomic E-state index is 0.0763. The van der Waals surface area contributed by atoms with Gasteiger partial charge in [-0.2, -0.15) is 0 Å². The van der Waals surface area contributed by atoms with Gasteiger partial charge in [0.2, 0.25) is 5.89 Å². The standard InChI is InChI=1S/C11H20N4O2/c1-8(12-2)10-13-14-11(17-10)15(3)7-9-5-4-6-16-9/h8-9,12H,4-7H2,1-3H3. The Bertz CT molecular complexity index is 349. The normalized spacial score (nSPS) is 21.7. The van der Waals surface area contributed by atoms with E-state index in [1.54, 1.807) is 0 Å². The van der Waals surface area contributed by atoms with Gasteiger partial charge in [-0.25, -0.2) is 0 Å². The molecule has 6 nitrogen and oxygen atoms in total. The fourth-order valence-electron chi connectivity index (χ4n) is 1.85. The van der Waals surface area contributed by atoms with E-state index in [2.05, 4.69) is 15.5 Å². The molecular formula is C11H20N4O2. The Balaban J connectivity index is 1.94. The fraction of sp³-hybridized carbons (Fsp3) is 0.818. The zero-order valence-electron chi connectivity index (χ0n) is 10.6. The molecule has 2 unspecified atom stereocenters. The number of anilines is 1. The van der Waals surface area contributed by atoms with Crippen LogP contribution in [0.25, 0.3) is 0 Å². The van der Waals surface area contributed by atoms with Crippen LogP contribution in [-0.4, -0.2) is 43.5 Å². The molecule has 2 rings (SSSR count). The molecule has 2 atom stereocenters. The number of rotatable bonds is 5. The molecule has 0 saturated carbocycles. The van der Waals surface area contributed by atoms with Crippen LogP contribution < -0.4 is 10.2 Å². The minimum Gasteiger partial charge on any atom is -0.406 e. The highest BCUT2D eigenvalue weighted by molar-refractivity contribution is 5.22. The average Bonchev–Trinajstić information content (AvgIpc) is 2.98.